The second kappa shape index (κ2) is 8.24. The topological polar surface area (TPSA) is 66.9 Å². The smallest absolute Gasteiger partial charge is 0.315 e. The second-order valence-corrected chi connectivity index (χ2v) is 7.34. The zero-order valence-corrected chi connectivity index (χ0v) is 14.9. The number of amides is 2. The van der Waals surface area contributed by atoms with Crippen LogP contribution in [0.25, 0.3) is 10.6 Å². The van der Waals surface area contributed by atoms with E-state index >= 15 is 0 Å². The first kappa shape index (κ1) is 16.9. The lowest BCUT2D eigenvalue weighted by molar-refractivity contribution is 0.233. The van der Waals surface area contributed by atoms with Crippen LogP contribution in [-0.4, -0.2) is 28.6 Å². The molecule has 1 aliphatic carbocycles. The van der Waals surface area contributed by atoms with E-state index in [1.807, 2.05) is 25.3 Å². The van der Waals surface area contributed by atoms with Crippen molar-refractivity contribution in [2.45, 2.75) is 51.5 Å². The number of aromatic nitrogens is 2. The van der Waals surface area contributed by atoms with Gasteiger partial charge in [0.25, 0.3) is 0 Å². The SMILES string of the molecule is Cc1nc(-c2cccnc2)sc1CCNC(=O)NC1CCCCC1. The van der Waals surface area contributed by atoms with Gasteiger partial charge in [-0.15, -0.1) is 11.3 Å². The van der Waals surface area contributed by atoms with Crippen molar-refractivity contribution in [2.75, 3.05) is 6.54 Å². The summed E-state index contributed by atoms with van der Waals surface area (Å²) < 4.78 is 0. The van der Waals surface area contributed by atoms with E-state index in [2.05, 4.69) is 20.6 Å². The molecule has 0 bridgehead atoms. The highest BCUT2D eigenvalue weighted by Gasteiger charge is 2.15. The van der Waals surface area contributed by atoms with Crippen molar-refractivity contribution >= 4 is 17.4 Å². The van der Waals surface area contributed by atoms with Gasteiger partial charge >= 0.3 is 6.03 Å². The Morgan fingerprint density at radius 1 is 1.33 bits per heavy atom. The first-order chi connectivity index (χ1) is 11.7. The van der Waals surface area contributed by atoms with E-state index in [4.69, 9.17) is 0 Å². The molecule has 2 heterocycles. The minimum atomic E-state index is -0.0449. The van der Waals surface area contributed by atoms with Crippen molar-refractivity contribution in [1.29, 1.82) is 0 Å². The molecule has 1 aliphatic rings. The molecule has 2 amide bonds. The fourth-order valence-electron chi connectivity index (χ4n) is 3.05. The van der Waals surface area contributed by atoms with Gasteiger partial charge < -0.3 is 10.6 Å². The average molecular weight is 344 g/mol. The Balaban J connectivity index is 1.48. The monoisotopic (exact) mass is 344 g/mol. The molecule has 2 aromatic heterocycles. The van der Waals surface area contributed by atoms with Crippen LogP contribution >= 0.6 is 11.3 Å². The fraction of sp³-hybridized carbons (Fsp3) is 0.500. The molecular formula is C18H24N4OS. The van der Waals surface area contributed by atoms with Crippen LogP contribution in [0.1, 0.15) is 42.7 Å². The van der Waals surface area contributed by atoms with Crippen LogP contribution in [0.4, 0.5) is 4.79 Å². The molecule has 6 heteroatoms. The minimum absolute atomic E-state index is 0.0449. The molecule has 5 nitrogen and oxygen atoms in total. The quantitative estimate of drug-likeness (QED) is 0.869. The number of hydrogen-bond acceptors (Lipinski definition) is 4. The molecule has 0 atom stereocenters. The number of aryl methyl sites for hydroxylation is 1. The Hall–Kier alpha value is -1.95. The van der Waals surface area contributed by atoms with Crippen LogP contribution in [-0.2, 0) is 6.42 Å². The van der Waals surface area contributed by atoms with Crippen LogP contribution in [0.3, 0.4) is 0 Å². The number of rotatable bonds is 5. The van der Waals surface area contributed by atoms with Gasteiger partial charge in [0.15, 0.2) is 0 Å². The molecule has 3 rings (SSSR count). The van der Waals surface area contributed by atoms with Gasteiger partial charge in [0.2, 0.25) is 0 Å². The molecule has 0 saturated heterocycles. The number of thiazole rings is 1. The summed E-state index contributed by atoms with van der Waals surface area (Å²) in [5, 5.41) is 7.04. The first-order valence-electron chi connectivity index (χ1n) is 8.63. The molecule has 0 radical (unpaired) electrons. The number of pyridine rings is 1. The van der Waals surface area contributed by atoms with E-state index in [0.717, 1.165) is 35.5 Å². The van der Waals surface area contributed by atoms with Gasteiger partial charge in [0.1, 0.15) is 5.01 Å². The van der Waals surface area contributed by atoms with Crippen LogP contribution in [0.2, 0.25) is 0 Å². The van der Waals surface area contributed by atoms with Crippen molar-refractivity contribution in [3.05, 3.63) is 35.1 Å². The molecule has 1 fully saturated rings. The maximum atomic E-state index is 12.0. The van der Waals surface area contributed by atoms with Crippen molar-refractivity contribution in [3.63, 3.8) is 0 Å². The number of carbonyl (C=O) groups excluding carboxylic acids is 1. The Kier molecular flexibility index (Phi) is 5.80. The Morgan fingerprint density at radius 2 is 2.17 bits per heavy atom. The van der Waals surface area contributed by atoms with E-state index in [1.165, 1.54) is 24.1 Å². The van der Waals surface area contributed by atoms with E-state index < -0.39 is 0 Å². The van der Waals surface area contributed by atoms with Crippen LogP contribution in [0.5, 0.6) is 0 Å². The minimum Gasteiger partial charge on any atom is -0.338 e. The summed E-state index contributed by atoms with van der Waals surface area (Å²) in [6, 6.07) is 4.24. The zero-order valence-electron chi connectivity index (χ0n) is 14.0. The van der Waals surface area contributed by atoms with Gasteiger partial charge in [-0.25, -0.2) is 9.78 Å². The van der Waals surface area contributed by atoms with Gasteiger partial charge in [-0.1, -0.05) is 19.3 Å². The highest BCUT2D eigenvalue weighted by Crippen LogP contribution is 2.27. The fourth-order valence-corrected chi connectivity index (χ4v) is 4.10. The number of carbonyl (C=O) groups is 1. The zero-order chi connectivity index (χ0) is 16.8. The summed E-state index contributed by atoms with van der Waals surface area (Å²) in [5.41, 5.74) is 2.08. The molecular weight excluding hydrogens is 320 g/mol. The van der Waals surface area contributed by atoms with Crippen molar-refractivity contribution in [2.24, 2.45) is 0 Å². The van der Waals surface area contributed by atoms with E-state index in [-0.39, 0.29) is 6.03 Å². The molecule has 0 spiro atoms. The van der Waals surface area contributed by atoms with Gasteiger partial charge in [-0.3, -0.25) is 4.98 Å². The summed E-state index contributed by atoms with van der Waals surface area (Å²) >= 11 is 1.68. The first-order valence-corrected chi connectivity index (χ1v) is 9.45. The molecule has 24 heavy (non-hydrogen) atoms. The highest BCUT2D eigenvalue weighted by molar-refractivity contribution is 7.15. The van der Waals surface area contributed by atoms with Crippen LogP contribution in [0, 0.1) is 6.92 Å². The van der Waals surface area contributed by atoms with Gasteiger partial charge in [0.05, 0.1) is 5.69 Å². The Labute approximate surface area is 146 Å². The number of nitrogens with one attached hydrogen (secondary N) is 2. The lowest BCUT2D eigenvalue weighted by Gasteiger charge is -2.22. The largest absolute Gasteiger partial charge is 0.338 e. The van der Waals surface area contributed by atoms with E-state index in [9.17, 15) is 4.79 Å². The lowest BCUT2D eigenvalue weighted by Crippen LogP contribution is -2.43. The Morgan fingerprint density at radius 3 is 2.92 bits per heavy atom. The molecule has 1 saturated carbocycles. The third-order valence-corrected chi connectivity index (χ3v) is 5.65. The predicted octanol–water partition coefficient (Wildman–Crippen LogP) is 3.69. The Bertz CT molecular complexity index is 665. The lowest BCUT2D eigenvalue weighted by atomic mass is 9.96. The van der Waals surface area contributed by atoms with Gasteiger partial charge in [-0.2, -0.15) is 0 Å². The molecule has 2 N–H and O–H groups in total. The predicted molar refractivity (Wildman–Crippen MR) is 97.2 cm³/mol. The summed E-state index contributed by atoms with van der Waals surface area (Å²) in [4.78, 5) is 21.9. The number of urea groups is 1. The maximum Gasteiger partial charge on any atom is 0.315 e. The van der Waals surface area contributed by atoms with Crippen LogP contribution in [0.15, 0.2) is 24.5 Å². The van der Waals surface area contributed by atoms with Crippen molar-refractivity contribution < 1.29 is 4.79 Å². The average Bonchev–Trinajstić information content (AvgIpc) is 2.98. The third-order valence-electron chi connectivity index (χ3n) is 4.38. The molecule has 0 unspecified atom stereocenters. The summed E-state index contributed by atoms with van der Waals surface area (Å²) in [6.07, 6.45) is 10.4. The van der Waals surface area contributed by atoms with Crippen molar-refractivity contribution in [3.8, 4) is 10.6 Å². The number of hydrogen-bond donors (Lipinski definition) is 2. The molecule has 0 aliphatic heterocycles. The van der Waals surface area contributed by atoms with Gasteiger partial charge in [-0.05, 0) is 31.9 Å². The van der Waals surface area contributed by atoms with E-state index in [0.29, 0.717) is 12.6 Å². The summed E-state index contributed by atoms with van der Waals surface area (Å²) in [5.74, 6) is 0. The van der Waals surface area contributed by atoms with Gasteiger partial charge in [0, 0.05) is 41.8 Å². The standard InChI is InChI=1S/C18H24N4OS/c1-13-16(24-17(21-13)14-6-5-10-19-12-14)9-11-20-18(23)22-15-7-3-2-4-8-15/h5-6,10,12,15H,2-4,7-9,11H2,1H3,(H2,20,22,23). The van der Waals surface area contributed by atoms with E-state index in [1.54, 1.807) is 17.5 Å². The maximum absolute atomic E-state index is 12.0. The molecule has 2 aromatic rings. The van der Waals surface area contributed by atoms with Crippen LogP contribution < -0.4 is 10.6 Å². The highest BCUT2D eigenvalue weighted by atomic mass is 32.1. The summed E-state index contributed by atoms with van der Waals surface area (Å²) in [6.45, 7) is 2.65. The molecule has 0 aromatic carbocycles. The molecule has 128 valence electrons. The third kappa shape index (κ3) is 4.54. The second-order valence-electron chi connectivity index (χ2n) is 6.25. The van der Waals surface area contributed by atoms with Crippen molar-refractivity contribution in [1.82, 2.24) is 20.6 Å². The normalized spacial score (nSPS) is 15.2. The summed E-state index contributed by atoms with van der Waals surface area (Å²) in [7, 11) is 0. The number of nitrogens with zero attached hydrogens (tertiary/aromatic N) is 2.